The lowest BCUT2D eigenvalue weighted by Gasteiger charge is -2.44. The summed E-state index contributed by atoms with van der Waals surface area (Å²) >= 11 is 0. The summed E-state index contributed by atoms with van der Waals surface area (Å²) in [5, 5.41) is 0. The van der Waals surface area contributed by atoms with Gasteiger partial charge in [-0.3, -0.25) is 0 Å². The quantitative estimate of drug-likeness (QED) is 0.277. The van der Waals surface area contributed by atoms with Crippen LogP contribution in [-0.4, -0.2) is 14.2 Å². The average Bonchev–Trinajstić information content (AvgIpc) is 3.08. The van der Waals surface area contributed by atoms with Crippen molar-refractivity contribution in [2.75, 3.05) is 14.2 Å². The molecule has 2 aliphatic carbocycles. The van der Waals surface area contributed by atoms with E-state index in [1.807, 2.05) is 0 Å². The fraction of sp³-hybridized carbons (Fsp3) is 0.455. The van der Waals surface area contributed by atoms with Crippen molar-refractivity contribution in [3.63, 3.8) is 0 Å². The van der Waals surface area contributed by atoms with Crippen molar-refractivity contribution in [1.29, 1.82) is 0 Å². The van der Waals surface area contributed by atoms with E-state index in [0.717, 1.165) is 52.0 Å². The maximum Gasteiger partial charge on any atom is 0.173 e. The second kappa shape index (κ2) is 7.69. The Morgan fingerprint density at radius 1 is 0.676 bits per heavy atom. The SMILES string of the molecule is COc1cc2c(cc1OC)C(C)(C)C1c3cc4c(cc3C(C)(C)CC21)Oc1c(C)c(C)c(C)c(C)c1O4. The molecule has 0 fully saturated rings. The number of hydrogen-bond acceptors (Lipinski definition) is 4. The molecular formula is C33H38O4. The molecule has 0 bridgehead atoms. The maximum absolute atomic E-state index is 6.66. The molecule has 0 saturated heterocycles. The molecule has 0 saturated carbocycles. The molecular weight excluding hydrogens is 460 g/mol. The van der Waals surface area contributed by atoms with E-state index in [9.17, 15) is 0 Å². The third kappa shape index (κ3) is 3.14. The van der Waals surface area contributed by atoms with E-state index in [1.54, 1.807) is 14.2 Å². The Morgan fingerprint density at radius 2 is 1.22 bits per heavy atom. The predicted octanol–water partition coefficient (Wildman–Crippen LogP) is 8.68. The van der Waals surface area contributed by atoms with Crippen LogP contribution in [0.4, 0.5) is 0 Å². The summed E-state index contributed by atoms with van der Waals surface area (Å²) < 4.78 is 24.7. The van der Waals surface area contributed by atoms with Crippen molar-refractivity contribution in [3.8, 4) is 34.5 Å². The molecule has 2 atom stereocenters. The predicted molar refractivity (Wildman–Crippen MR) is 148 cm³/mol. The number of fused-ring (bicyclic) bond motifs is 7. The number of ether oxygens (including phenoxy) is 4. The topological polar surface area (TPSA) is 36.9 Å². The summed E-state index contributed by atoms with van der Waals surface area (Å²) in [6, 6.07) is 8.95. The zero-order valence-corrected chi connectivity index (χ0v) is 23.8. The van der Waals surface area contributed by atoms with Gasteiger partial charge in [0.25, 0.3) is 0 Å². The van der Waals surface area contributed by atoms with Gasteiger partial charge in [0.05, 0.1) is 14.2 Å². The van der Waals surface area contributed by atoms with E-state index in [0.29, 0.717) is 11.8 Å². The molecule has 0 aromatic heterocycles. The smallest absolute Gasteiger partial charge is 0.173 e. The lowest BCUT2D eigenvalue weighted by atomic mass is 9.60. The van der Waals surface area contributed by atoms with Gasteiger partial charge in [-0.25, -0.2) is 0 Å². The maximum atomic E-state index is 6.66. The summed E-state index contributed by atoms with van der Waals surface area (Å²) in [7, 11) is 3.43. The molecule has 37 heavy (non-hydrogen) atoms. The molecule has 1 aliphatic heterocycles. The second-order valence-electron chi connectivity index (χ2n) is 12.4. The lowest BCUT2D eigenvalue weighted by molar-refractivity contribution is 0.296. The van der Waals surface area contributed by atoms with Gasteiger partial charge in [0.1, 0.15) is 0 Å². The standard InChI is InChI=1S/C33H38O4/c1-16-17(2)19(4)31-30(18(16)3)36-27-12-21-23(13-28(27)37-31)32(5,6)15-22-20-11-25(34-9)26(35-10)14-24(20)33(7,8)29(21)22/h11-14,22,29H,15H2,1-10H3. The largest absolute Gasteiger partial charge is 0.493 e. The second-order valence-corrected chi connectivity index (χ2v) is 12.4. The van der Waals surface area contributed by atoms with E-state index in [-0.39, 0.29) is 10.8 Å². The van der Waals surface area contributed by atoms with Crippen LogP contribution >= 0.6 is 0 Å². The van der Waals surface area contributed by atoms with Crippen LogP contribution in [0, 0.1) is 27.7 Å². The number of benzene rings is 3. The van der Waals surface area contributed by atoms with Gasteiger partial charge in [0, 0.05) is 5.92 Å². The highest BCUT2D eigenvalue weighted by atomic mass is 16.6. The third-order valence-electron chi connectivity index (χ3n) is 9.74. The van der Waals surface area contributed by atoms with Gasteiger partial charge in [-0.15, -0.1) is 0 Å². The molecule has 0 amide bonds. The molecule has 2 unspecified atom stereocenters. The van der Waals surface area contributed by atoms with Crippen molar-refractivity contribution in [3.05, 3.63) is 68.8 Å². The monoisotopic (exact) mass is 498 g/mol. The zero-order chi connectivity index (χ0) is 26.6. The molecule has 3 aromatic rings. The van der Waals surface area contributed by atoms with Crippen molar-refractivity contribution in [1.82, 2.24) is 0 Å². The van der Waals surface area contributed by atoms with E-state index < -0.39 is 0 Å². The Hall–Kier alpha value is -3.14. The van der Waals surface area contributed by atoms with Crippen molar-refractivity contribution < 1.29 is 18.9 Å². The van der Waals surface area contributed by atoms with Gasteiger partial charge in [-0.2, -0.15) is 0 Å². The minimum atomic E-state index is -0.0767. The first-order valence-electron chi connectivity index (χ1n) is 13.3. The van der Waals surface area contributed by atoms with Crippen LogP contribution in [0.5, 0.6) is 34.5 Å². The van der Waals surface area contributed by atoms with Gasteiger partial charge >= 0.3 is 0 Å². The first-order chi connectivity index (χ1) is 17.4. The Labute approximate surface area is 220 Å². The van der Waals surface area contributed by atoms with Gasteiger partial charge in [-0.1, -0.05) is 27.7 Å². The summed E-state index contributed by atoms with van der Waals surface area (Å²) in [4.78, 5) is 0. The highest BCUT2D eigenvalue weighted by Crippen LogP contribution is 2.65. The molecule has 4 heteroatoms. The first kappa shape index (κ1) is 24.2. The fourth-order valence-electron chi connectivity index (χ4n) is 7.39. The van der Waals surface area contributed by atoms with Crippen LogP contribution in [-0.2, 0) is 10.8 Å². The van der Waals surface area contributed by atoms with Gasteiger partial charge in [0.15, 0.2) is 34.5 Å². The molecule has 0 N–H and O–H groups in total. The van der Waals surface area contributed by atoms with Crippen LogP contribution in [0.15, 0.2) is 24.3 Å². The molecule has 1 heterocycles. The highest BCUT2D eigenvalue weighted by molar-refractivity contribution is 5.67. The van der Waals surface area contributed by atoms with Gasteiger partial charge in [0.2, 0.25) is 0 Å². The minimum Gasteiger partial charge on any atom is -0.493 e. The van der Waals surface area contributed by atoms with Gasteiger partial charge in [-0.05, 0) is 120 Å². The summed E-state index contributed by atoms with van der Waals surface area (Å²) in [6.07, 6.45) is 1.06. The van der Waals surface area contributed by atoms with Crippen molar-refractivity contribution in [2.45, 2.75) is 84.5 Å². The highest BCUT2D eigenvalue weighted by Gasteiger charge is 2.53. The van der Waals surface area contributed by atoms with Crippen LogP contribution in [0.1, 0.15) is 90.5 Å². The molecule has 0 spiro atoms. The molecule has 0 radical (unpaired) electrons. The molecule has 6 rings (SSSR count). The zero-order valence-electron chi connectivity index (χ0n) is 23.8. The van der Waals surface area contributed by atoms with Crippen LogP contribution in [0.3, 0.4) is 0 Å². The Kier molecular flexibility index (Phi) is 5.03. The summed E-state index contributed by atoms with van der Waals surface area (Å²) in [5.74, 6) is 5.64. The van der Waals surface area contributed by atoms with Crippen LogP contribution in [0.25, 0.3) is 0 Å². The fourth-order valence-corrected chi connectivity index (χ4v) is 7.39. The Bertz CT molecular complexity index is 1480. The van der Waals surface area contributed by atoms with Crippen LogP contribution in [0.2, 0.25) is 0 Å². The van der Waals surface area contributed by atoms with E-state index in [4.69, 9.17) is 18.9 Å². The molecule has 194 valence electrons. The van der Waals surface area contributed by atoms with Crippen LogP contribution < -0.4 is 18.9 Å². The first-order valence-corrected chi connectivity index (χ1v) is 13.3. The normalized spacial score (nSPS) is 21.5. The van der Waals surface area contributed by atoms with E-state index >= 15 is 0 Å². The molecule has 4 nitrogen and oxygen atoms in total. The van der Waals surface area contributed by atoms with E-state index in [2.05, 4.69) is 79.7 Å². The Morgan fingerprint density at radius 3 is 1.78 bits per heavy atom. The summed E-state index contributed by atoms with van der Waals surface area (Å²) in [6.45, 7) is 18.1. The molecule has 3 aromatic carbocycles. The van der Waals surface area contributed by atoms with Crippen molar-refractivity contribution in [2.24, 2.45) is 0 Å². The van der Waals surface area contributed by atoms with Gasteiger partial charge < -0.3 is 18.9 Å². The number of rotatable bonds is 2. The molecule has 3 aliphatic rings. The van der Waals surface area contributed by atoms with E-state index in [1.165, 1.54) is 33.4 Å². The Balaban J connectivity index is 1.54. The summed E-state index contributed by atoms with van der Waals surface area (Å²) in [5.41, 5.74) is 10.2. The number of hydrogen-bond donors (Lipinski definition) is 0. The lowest BCUT2D eigenvalue weighted by Crippen LogP contribution is -2.35. The average molecular weight is 499 g/mol. The third-order valence-corrected chi connectivity index (χ3v) is 9.74. The minimum absolute atomic E-state index is 0.0197. The number of methoxy groups -OCH3 is 2. The van der Waals surface area contributed by atoms with Crippen molar-refractivity contribution >= 4 is 0 Å².